The third-order valence-electron chi connectivity index (χ3n) is 2.42. The summed E-state index contributed by atoms with van der Waals surface area (Å²) in [7, 11) is 0. The Balaban J connectivity index is 1.99. The van der Waals surface area contributed by atoms with Crippen LogP contribution in [-0.4, -0.2) is 0 Å². The van der Waals surface area contributed by atoms with Crippen LogP contribution in [0.2, 0.25) is 5.02 Å². The third-order valence-corrected chi connectivity index (χ3v) is 2.68. The molecule has 0 fully saturated rings. The lowest BCUT2D eigenvalue weighted by molar-refractivity contribution is 1.14. The number of nitrogens with one attached hydrogen (secondary N) is 1. The zero-order valence-electron chi connectivity index (χ0n) is 9.20. The van der Waals surface area contributed by atoms with E-state index in [-0.39, 0.29) is 0 Å². The van der Waals surface area contributed by atoms with Crippen molar-refractivity contribution in [3.8, 4) is 0 Å². The summed E-state index contributed by atoms with van der Waals surface area (Å²) in [6.07, 6.45) is 0. The molecule has 0 aromatic heterocycles. The van der Waals surface area contributed by atoms with Crippen molar-refractivity contribution in [1.29, 1.82) is 0 Å². The van der Waals surface area contributed by atoms with Gasteiger partial charge in [-0.25, -0.2) is 0 Å². The van der Waals surface area contributed by atoms with Crippen molar-refractivity contribution < 1.29 is 0 Å². The van der Waals surface area contributed by atoms with Crippen LogP contribution >= 0.6 is 11.6 Å². The van der Waals surface area contributed by atoms with E-state index in [4.69, 9.17) is 11.6 Å². The van der Waals surface area contributed by atoms with E-state index in [2.05, 4.69) is 36.5 Å². The van der Waals surface area contributed by atoms with Crippen LogP contribution in [0.3, 0.4) is 0 Å². The van der Waals surface area contributed by atoms with Crippen LogP contribution in [-0.2, 0) is 6.54 Å². The van der Waals surface area contributed by atoms with E-state index in [0.717, 1.165) is 17.3 Å². The predicted molar refractivity (Wildman–Crippen MR) is 70.0 cm³/mol. The lowest BCUT2D eigenvalue weighted by Gasteiger charge is -2.07. The first-order valence-electron chi connectivity index (χ1n) is 5.29. The lowest BCUT2D eigenvalue weighted by atomic mass is 10.1. The first-order chi connectivity index (χ1) is 7.74. The molecule has 82 valence electrons. The van der Waals surface area contributed by atoms with E-state index in [1.165, 1.54) is 11.1 Å². The molecule has 2 aromatic rings. The Morgan fingerprint density at radius 3 is 2.50 bits per heavy atom. The van der Waals surface area contributed by atoms with E-state index < -0.39 is 0 Å². The second-order valence-electron chi connectivity index (χ2n) is 3.85. The molecule has 0 amide bonds. The topological polar surface area (TPSA) is 12.0 Å². The second kappa shape index (κ2) is 5.04. The van der Waals surface area contributed by atoms with E-state index >= 15 is 0 Å². The standard InChI is InChI=1S/C14H14ClN/c1-11-3-2-4-12(9-11)10-16-14-7-5-13(15)6-8-14/h2-9,16H,10H2,1H3. The molecule has 0 saturated heterocycles. The largest absolute Gasteiger partial charge is 0.381 e. The molecule has 0 aliphatic carbocycles. The van der Waals surface area contributed by atoms with Gasteiger partial charge in [-0.15, -0.1) is 0 Å². The van der Waals surface area contributed by atoms with Crippen LogP contribution in [0.25, 0.3) is 0 Å². The van der Waals surface area contributed by atoms with Gasteiger partial charge in [0, 0.05) is 17.3 Å². The second-order valence-corrected chi connectivity index (χ2v) is 4.29. The number of hydrogen-bond acceptors (Lipinski definition) is 1. The summed E-state index contributed by atoms with van der Waals surface area (Å²) in [6, 6.07) is 16.2. The molecule has 0 radical (unpaired) electrons. The zero-order valence-corrected chi connectivity index (χ0v) is 9.96. The maximum atomic E-state index is 5.82. The summed E-state index contributed by atoms with van der Waals surface area (Å²) in [6.45, 7) is 2.94. The number of halogens is 1. The molecular formula is C14H14ClN. The molecule has 0 aliphatic heterocycles. The molecule has 0 saturated carbocycles. The van der Waals surface area contributed by atoms with Crippen molar-refractivity contribution >= 4 is 17.3 Å². The van der Waals surface area contributed by atoms with Crippen LogP contribution < -0.4 is 5.32 Å². The molecule has 2 rings (SSSR count). The van der Waals surface area contributed by atoms with E-state index in [9.17, 15) is 0 Å². The van der Waals surface area contributed by atoms with Crippen LogP contribution in [0.1, 0.15) is 11.1 Å². The Morgan fingerprint density at radius 1 is 1.06 bits per heavy atom. The minimum atomic E-state index is 0.765. The van der Waals surface area contributed by atoms with Crippen LogP contribution in [0.5, 0.6) is 0 Å². The Morgan fingerprint density at radius 2 is 1.81 bits per heavy atom. The number of aryl methyl sites for hydroxylation is 1. The summed E-state index contributed by atoms with van der Waals surface area (Å²) < 4.78 is 0. The van der Waals surface area contributed by atoms with Crippen molar-refractivity contribution in [2.75, 3.05) is 5.32 Å². The highest BCUT2D eigenvalue weighted by Gasteiger charge is 1.94. The van der Waals surface area contributed by atoms with Crippen LogP contribution in [0.4, 0.5) is 5.69 Å². The van der Waals surface area contributed by atoms with Crippen LogP contribution in [0.15, 0.2) is 48.5 Å². The van der Waals surface area contributed by atoms with Gasteiger partial charge in [0.2, 0.25) is 0 Å². The van der Waals surface area contributed by atoms with Crippen molar-refractivity contribution in [2.24, 2.45) is 0 Å². The van der Waals surface area contributed by atoms with Crippen molar-refractivity contribution in [2.45, 2.75) is 13.5 Å². The van der Waals surface area contributed by atoms with Crippen LogP contribution in [0, 0.1) is 6.92 Å². The Hall–Kier alpha value is -1.47. The number of benzene rings is 2. The van der Waals surface area contributed by atoms with E-state index in [1.54, 1.807) is 0 Å². The first kappa shape index (κ1) is 11.0. The van der Waals surface area contributed by atoms with Crippen molar-refractivity contribution in [3.63, 3.8) is 0 Å². The van der Waals surface area contributed by atoms with Crippen molar-refractivity contribution in [1.82, 2.24) is 0 Å². The van der Waals surface area contributed by atoms with Gasteiger partial charge in [0.25, 0.3) is 0 Å². The Labute approximate surface area is 101 Å². The fourth-order valence-corrected chi connectivity index (χ4v) is 1.72. The van der Waals surface area contributed by atoms with Gasteiger partial charge in [-0.1, -0.05) is 41.4 Å². The van der Waals surface area contributed by atoms with E-state index in [1.807, 2.05) is 24.3 Å². The average Bonchev–Trinajstić information content (AvgIpc) is 2.28. The lowest BCUT2D eigenvalue weighted by Crippen LogP contribution is -1.99. The predicted octanol–water partition coefficient (Wildman–Crippen LogP) is 4.26. The minimum absolute atomic E-state index is 0.765. The molecule has 0 bridgehead atoms. The number of anilines is 1. The Kier molecular flexibility index (Phi) is 3.47. The highest BCUT2D eigenvalue weighted by Crippen LogP contribution is 2.14. The van der Waals surface area contributed by atoms with Gasteiger partial charge in [-0.3, -0.25) is 0 Å². The summed E-state index contributed by atoms with van der Waals surface area (Å²) in [4.78, 5) is 0. The number of hydrogen-bond donors (Lipinski definition) is 1. The maximum Gasteiger partial charge on any atom is 0.0407 e. The highest BCUT2D eigenvalue weighted by atomic mass is 35.5. The van der Waals surface area contributed by atoms with Gasteiger partial charge in [0.1, 0.15) is 0 Å². The van der Waals surface area contributed by atoms with E-state index in [0.29, 0.717) is 0 Å². The fourth-order valence-electron chi connectivity index (χ4n) is 1.59. The van der Waals surface area contributed by atoms with Gasteiger partial charge in [-0.05, 0) is 36.8 Å². The normalized spacial score (nSPS) is 10.1. The molecule has 0 heterocycles. The molecule has 16 heavy (non-hydrogen) atoms. The smallest absolute Gasteiger partial charge is 0.0407 e. The van der Waals surface area contributed by atoms with Gasteiger partial charge in [0.05, 0.1) is 0 Å². The molecule has 2 aromatic carbocycles. The van der Waals surface area contributed by atoms with Gasteiger partial charge in [0.15, 0.2) is 0 Å². The first-order valence-corrected chi connectivity index (χ1v) is 5.67. The van der Waals surface area contributed by atoms with Gasteiger partial charge >= 0.3 is 0 Å². The quantitative estimate of drug-likeness (QED) is 0.832. The zero-order chi connectivity index (χ0) is 11.4. The third kappa shape index (κ3) is 3.01. The molecule has 0 aliphatic rings. The minimum Gasteiger partial charge on any atom is -0.381 e. The average molecular weight is 232 g/mol. The maximum absolute atomic E-state index is 5.82. The fraction of sp³-hybridized carbons (Fsp3) is 0.143. The molecular weight excluding hydrogens is 218 g/mol. The summed E-state index contributed by atoms with van der Waals surface area (Å²) in [5.41, 5.74) is 3.66. The summed E-state index contributed by atoms with van der Waals surface area (Å²) in [5, 5.41) is 4.12. The Bertz CT molecular complexity index is 462. The molecule has 2 heteroatoms. The van der Waals surface area contributed by atoms with Gasteiger partial charge < -0.3 is 5.32 Å². The molecule has 0 spiro atoms. The molecule has 1 nitrogen and oxygen atoms in total. The summed E-state index contributed by atoms with van der Waals surface area (Å²) >= 11 is 5.82. The van der Waals surface area contributed by atoms with Crippen molar-refractivity contribution in [3.05, 3.63) is 64.7 Å². The summed E-state index contributed by atoms with van der Waals surface area (Å²) in [5.74, 6) is 0. The molecule has 0 atom stereocenters. The monoisotopic (exact) mass is 231 g/mol. The SMILES string of the molecule is Cc1cccc(CNc2ccc(Cl)cc2)c1. The highest BCUT2D eigenvalue weighted by molar-refractivity contribution is 6.30. The van der Waals surface area contributed by atoms with Gasteiger partial charge in [-0.2, -0.15) is 0 Å². The number of rotatable bonds is 3. The molecule has 1 N–H and O–H groups in total. The molecule has 0 unspecified atom stereocenters.